The Hall–Kier alpha value is -1.47. The van der Waals surface area contributed by atoms with Gasteiger partial charge in [-0.2, -0.15) is 0 Å². The van der Waals surface area contributed by atoms with Gasteiger partial charge >= 0.3 is 5.97 Å². The van der Waals surface area contributed by atoms with Gasteiger partial charge in [0.05, 0.1) is 10.5 Å². The average Bonchev–Trinajstić information content (AvgIpc) is 3.21. The van der Waals surface area contributed by atoms with Crippen LogP contribution in [0, 0.1) is 18.7 Å². The zero-order valence-electron chi connectivity index (χ0n) is 11.7. The number of hydrogen-bond donors (Lipinski definition) is 2. The Kier molecular flexibility index (Phi) is 4.63. The number of rotatable bonds is 7. The summed E-state index contributed by atoms with van der Waals surface area (Å²) in [6.07, 6.45) is 4.17. The predicted molar refractivity (Wildman–Crippen MR) is 75.2 cm³/mol. The van der Waals surface area contributed by atoms with Crippen molar-refractivity contribution in [2.45, 2.75) is 37.5 Å². The Morgan fingerprint density at radius 3 is 2.67 bits per heavy atom. The second kappa shape index (κ2) is 6.11. The van der Waals surface area contributed by atoms with E-state index in [9.17, 15) is 17.6 Å². The molecule has 1 aromatic carbocycles. The van der Waals surface area contributed by atoms with Gasteiger partial charge in [0.2, 0.25) is 10.0 Å². The normalized spacial score (nSPS) is 15.1. The number of halogens is 1. The second-order valence-electron chi connectivity index (χ2n) is 5.39. The molecule has 0 radical (unpaired) electrons. The first kappa shape index (κ1) is 15.9. The van der Waals surface area contributed by atoms with Gasteiger partial charge in [-0.15, -0.1) is 0 Å². The van der Waals surface area contributed by atoms with E-state index in [-0.39, 0.29) is 10.5 Å². The van der Waals surface area contributed by atoms with Gasteiger partial charge in [0.1, 0.15) is 5.82 Å². The van der Waals surface area contributed by atoms with Crippen molar-refractivity contribution < 1.29 is 22.7 Å². The third-order valence-electron chi connectivity index (χ3n) is 3.55. The Bertz CT molecular complexity index is 653. The maximum absolute atomic E-state index is 13.6. The van der Waals surface area contributed by atoms with Crippen molar-refractivity contribution in [3.8, 4) is 0 Å². The van der Waals surface area contributed by atoms with Crippen LogP contribution in [-0.4, -0.2) is 26.0 Å². The Balaban J connectivity index is 2.12. The summed E-state index contributed by atoms with van der Waals surface area (Å²) in [6, 6.07) is 2.00. The SMILES string of the molecule is Cc1cc(S(=O)(=O)NCCCC2CC2)cc(C(=O)O)c1F. The number of nitrogens with one attached hydrogen (secondary N) is 1. The monoisotopic (exact) mass is 315 g/mol. The third kappa shape index (κ3) is 4.01. The number of carbonyl (C=O) groups is 1. The van der Waals surface area contributed by atoms with Gasteiger partial charge in [0.25, 0.3) is 0 Å². The van der Waals surface area contributed by atoms with Crippen molar-refractivity contribution in [3.63, 3.8) is 0 Å². The highest BCUT2D eigenvalue weighted by molar-refractivity contribution is 7.89. The van der Waals surface area contributed by atoms with Crippen LogP contribution in [0.5, 0.6) is 0 Å². The van der Waals surface area contributed by atoms with Crippen LogP contribution in [-0.2, 0) is 10.0 Å². The van der Waals surface area contributed by atoms with Gasteiger partial charge in [-0.3, -0.25) is 0 Å². The van der Waals surface area contributed by atoms with Gasteiger partial charge in [-0.1, -0.05) is 12.8 Å². The summed E-state index contributed by atoms with van der Waals surface area (Å²) in [5.74, 6) is -1.67. The van der Waals surface area contributed by atoms with Crippen LogP contribution in [0.15, 0.2) is 17.0 Å². The summed E-state index contributed by atoms with van der Waals surface area (Å²) in [5.41, 5.74) is -0.637. The highest BCUT2D eigenvalue weighted by atomic mass is 32.2. The number of sulfonamides is 1. The van der Waals surface area contributed by atoms with E-state index in [1.807, 2.05) is 0 Å². The number of carboxylic acids is 1. The first-order valence-corrected chi connectivity index (χ1v) is 8.32. The van der Waals surface area contributed by atoms with Gasteiger partial charge in [-0.05, 0) is 43.4 Å². The number of benzene rings is 1. The number of hydrogen-bond acceptors (Lipinski definition) is 3. The van der Waals surface area contributed by atoms with E-state index >= 15 is 0 Å². The summed E-state index contributed by atoms with van der Waals surface area (Å²) in [5, 5.41) is 8.91. The fraction of sp³-hybridized carbons (Fsp3) is 0.500. The smallest absolute Gasteiger partial charge is 0.338 e. The molecule has 1 fully saturated rings. The Labute approximate surface area is 123 Å². The summed E-state index contributed by atoms with van der Waals surface area (Å²) in [6.45, 7) is 1.64. The molecule has 1 saturated carbocycles. The van der Waals surface area contributed by atoms with E-state index in [1.165, 1.54) is 19.8 Å². The van der Waals surface area contributed by atoms with Crippen LogP contribution >= 0.6 is 0 Å². The lowest BCUT2D eigenvalue weighted by atomic mass is 10.1. The molecule has 0 unspecified atom stereocenters. The van der Waals surface area contributed by atoms with Crippen LogP contribution in [0.4, 0.5) is 4.39 Å². The highest BCUT2D eigenvalue weighted by Gasteiger charge is 2.22. The third-order valence-corrected chi connectivity index (χ3v) is 4.99. The molecule has 0 aromatic heterocycles. The van der Waals surface area contributed by atoms with Crippen LogP contribution < -0.4 is 4.72 Å². The first-order chi connectivity index (χ1) is 9.81. The zero-order valence-corrected chi connectivity index (χ0v) is 12.5. The lowest BCUT2D eigenvalue weighted by molar-refractivity contribution is 0.0691. The molecule has 0 spiro atoms. The standard InChI is InChI=1S/C14H18FNO4S/c1-9-7-11(8-12(13(9)15)14(17)18)21(19,20)16-6-2-3-10-4-5-10/h7-8,10,16H,2-6H2,1H3,(H,17,18). The van der Waals surface area contributed by atoms with Gasteiger partial charge in [0, 0.05) is 6.54 Å². The van der Waals surface area contributed by atoms with Crippen LogP contribution in [0.1, 0.15) is 41.6 Å². The minimum Gasteiger partial charge on any atom is -0.478 e. The van der Waals surface area contributed by atoms with Crippen molar-refractivity contribution in [3.05, 3.63) is 29.1 Å². The van der Waals surface area contributed by atoms with E-state index in [2.05, 4.69) is 4.72 Å². The second-order valence-corrected chi connectivity index (χ2v) is 7.16. The number of carboxylic acid groups (broad SMARTS) is 1. The van der Waals surface area contributed by atoms with Crippen molar-refractivity contribution in [2.75, 3.05) is 6.54 Å². The van der Waals surface area contributed by atoms with E-state index in [0.29, 0.717) is 6.54 Å². The van der Waals surface area contributed by atoms with E-state index in [4.69, 9.17) is 5.11 Å². The van der Waals surface area contributed by atoms with Crippen molar-refractivity contribution >= 4 is 16.0 Å². The topological polar surface area (TPSA) is 83.5 Å². The zero-order chi connectivity index (χ0) is 15.6. The average molecular weight is 315 g/mol. The number of aromatic carboxylic acids is 1. The quantitative estimate of drug-likeness (QED) is 0.756. The lowest BCUT2D eigenvalue weighted by Gasteiger charge is -2.09. The molecule has 5 nitrogen and oxygen atoms in total. The molecule has 2 N–H and O–H groups in total. The first-order valence-electron chi connectivity index (χ1n) is 6.84. The Morgan fingerprint density at radius 2 is 2.10 bits per heavy atom. The van der Waals surface area contributed by atoms with Crippen LogP contribution in [0.2, 0.25) is 0 Å². The van der Waals surface area contributed by atoms with Crippen molar-refractivity contribution in [2.24, 2.45) is 5.92 Å². The van der Waals surface area contributed by atoms with Crippen LogP contribution in [0.25, 0.3) is 0 Å². The summed E-state index contributed by atoms with van der Waals surface area (Å²) >= 11 is 0. The number of aryl methyl sites for hydroxylation is 1. The van der Waals surface area contributed by atoms with Gasteiger partial charge in [-0.25, -0.2) is 22.3 Å². The predicted octanol–water partition coefficient (Wildman–Crippen LogP) is 2.30. The molecular weight excluding hydrogens is 297 g/mol. The molecule has 0 heterocycles. The molecule has 1 aromatic rings. The minimum atomic E-state index is -3.81. The maximum atomic E-state index is 13.6. The van der Waals surface area contributed by atoms with Gasteiger partial charge in [0.15, 0.2) is 0 Å². The molecule has 116 valence electrons. The largest absolute Gasteiger partial charge is 0.478 e. The summed E-state index contributed by atoms with van der Waals surface area (Å²) in [7, 11) is -3.81. The lowest BCUT2D eigenvalue weighted by Crippen LogP contribution is -2.25. The summed E-state index contributed by atoms with van der Waals surface area (Å²) in [4.78, 5) is 10.7. The minimum absolute atomic E-state index is 0.00624. The van der Waals surface area contributed by atoms with Crippen molar-refractivity contribution in [1.82, 2.24) is 4.72 Å². The van der Waals surface area contributed by atoms with E-state index in [1.54, 1.807) is 0 Å². The molecule has 0 amide bonds. The van der Waals surface area contributed by atoms with Crippen LogP contribution in [0.3, 0.4) is 0 Å². The molecule has 21 heavy (non-hydrogen) atoms. The van der Waals surface area contributed by atoms with E-state index in [0.717, 1.165) is 30.9 Å². The molecule has 1 aliphatic carbocycles. The fourth-order valence-electron chi connectivity index (χ4n) is 2.13. The molecule has 0 atom stereocenters. The molecule has 1 aliphatic rings. The molecule has 7 heteroatoms. The fourth-order valence-corrected chi connectivity index (χ4v) is 3.32. The maximum Gasteiger partial charge on any atom is 0.338 e. The molecule has 0 aliphatic heterocycles. The molecule has 2 rings (SSSR count). The van der Waals surface area contributed by atoms with E-state index < -0.39 is 27.4 Å². The highest BCUT2D eigenvalue weighted by Crippen LogP contribution is 2.33. The van der Waals surface area contributed by atoms with Gasteiger partial charge < -0.3 is 5.11 Å². The molecular formula is C14H18FNO4S. The van der Waals surface area contributed by atoms with Crippen molar-refractivity contribution in [1.29, 1.82) is 0 Å². The Morgan fingerprint density at radius 1 is 1.43 bits per heavy atom. The molecule has 0 saturated heterocycles. The molecule has 0 bridgehead atoms. The summed E-state index contributed by atoms with van der Waals surface area (Å²) < 4.78 is 40.3.